The van der Waals surface area contributed by atoms with Crippen LogP contribution in [0, 0.1) is 5.82 Å². The number of carbonyl (C=O) groups excluding carboxylic acids is 1. The monoisotopic (exact) mass is 478 g/mol. The van der Waals surface area contributed by atoms with Gasteiger partial charge in [-0.25, -0.2) is 14.2 Å². The van der Waals surface area contributed by atoms with Gasteiger partial charge >= 0.3 is 6.09 Å². The van der Waals surface area contributed by atoms with Crippen molar-refractivity contribution in [3.05, 3.63) is 54.1 Å². The number of hydrogen-bond acceptors (Lipinski definition) is 5. The van der Waals surface area contributed by atoms with Crippen molar-refractivity contribution in [2.75, 3.05) is 33.3 Å². The first-order valence-electron chi connectivity index (χ1n) is 11.9. The summed E-state index contributed by atoms with van der Waals surface area (Å²) >= 11 is 0. The Balaban J connectivity index is 1.30. The highest BCUT2D eigenvalue weighted by atomic mass is 19.1. The van der Waals surface area contributed by atoms with Gasteiger partial charge in [-0.1, -0.05) is 6.08 Å². The number of methoxy groups -OCH3 is 1. The largest absolute Gasteiger partial charge is 0.496 e. The summed E-state index contributed by atoms with van der Waals surface area (Å²) in [4.78, 5) is 24.3. The van der Waals surface area contributed by atoms with Crippen LogP contribution in [0.2, 0.25) is 0 Å². The minimum absolute atomic E-state index is 0.238. The summed E-state index contributed by atoms with van der Waals surface area (Å²) in [5.74, 6) is 0.313. The van der Waals surface area contributed by atoms with Gasteiger partial charge in [0, 0.05) is 55.1 Å². The summed E-state index contributed by atoms with van der Waals surface area (Å²) in [6.07, 6.45) is 4.63. The fourth-order valence-electron chi connectivity index (χ4n) is 4.75. The van der Waals surface area contributed by atoms with E-state index in [4.69, 9.17) is 9.47 Å². The molecule has 0 saturated carbocycles. The second kappa shape index (κ2) is 9.00. The number of H-pyrrole nitrogens is 1. The Bertz CT molecular complexity index is 1290. The lowest BCUT2D eigenvalue weighted by molar-refractivity contribution is -0.0134. The molecule has 8 heteroatoms. The van der Waals surface area contributed by atoms with E-state index in [2.05, 4.69) is 27.0 Å². The molecule has 0 unspecified atom stereocenters. The van der Waals surface area contributed by atoms with Crippen LogP contribution in [0.1, 0.15) is 32.9 Å². The number of ether oxygens (including phenoxy) is 2. The van der Waals surface area contributed by atoms with Crippen LogP contribution in [0.4, 0.5) is 9.18 Å². The standard InChI is InChI=1S/C27H31FN4O3/c1-27(2,3)35-26(33)32-15-19(16-32)31-11-8-17(9-12-31)23-14-22-20(7-10-29-25(22)30-23)21-13-18(28)5-6-24(21)34-4/h5-8,10,13-14,19H,9,11-12,15-16H2,1-4H3,(H,29,30). The molecular weight excluding hydrogens is 447 g/mol. The summed E-state index contributed by atoms with van der Waals surface area (Å²) < 4.78 is 25.0. The normalized spacial score (nSPS) is 17.3. The highest BCUT2D eigenvalue weighted by molar-refractivity contribution is 5.96. The number of halogens is 1. The lowest BCUT2D eigenvalue weighted by atomic mass is 9.99. The van der Waals surface area contributed by atoms with E-state index < -0.39 is 5.60 Å². The van der Waals surface area contributed by atoms with Gasteiger partial charge in [0.15, 0.2) is 0 Å². The molecule has 5 rings (SSSR count). The zero-order valence-corrected chi connectivity index (χ0v) is 20.6. The van der Waals surface area contributed by atoms with Crippen LogP contribution >= 0.6 is 0 Å². The number of nitrogens with zero attached hydrogens (tertiary/aromatic N) is 3. The summed E-state index contributed by atoms with van der Waals surface area (Å²) in [7, 11) is 1.59. The third-order valence-electron chi connectivity index (χ3n) is 6.60. The van der Waals surface area contributed by atoms with E-state index >= 15 is 0 Å². The minimum Gasteiger partial charge on any atom is -0.496 e. The van der Waals surface area contributed by atoms with Crippen LogP contribution in [-0.4, -0.2) is 70.8 Å². The Labute approximate surface area is 204 Å². The van der Waals surface area contributed by atoms with Crippen molar-refractivity contribution in [1.82, 2.24) is 19.8 Å². The zero-order valence-electron chi connectivity index (χ0n) is 20.6. The van der Waals surface area contributed by atoms with Crippen LogP contribution < -0.4 is 4.74 Å². The van der Waals surface area contributed by atoms with Crippen molar-refractivity contribution < 1.29 is 18.7 Å². The zero-order chi connectivity index (χ0) is 24.7. The van der Waals surface area contributed by atoms with E-state index in [0.29, 0.717) is 30.4 Å². The first kappa shape index (κ1) is 23.4. The van der Waals surface area contributed by atoms with Gasteiger partial charge in [-0.15, -0.1) is 0 Å². The molecule has 2 aromatic heterocycles. The van der Waals surface area contributed by atoms with E-state index in [1.54, 1.807) is 24.3 Å². The number of aromatic amines is 1. The van der Waals surface area contributed by atoms with E-state index in [0.717, 1.165) is 41.8 Å². The number of amides is 1. The fourth-order valence-corrected chi connectivity index (χ4v) is 4.75. The van der Waals surface area contributed by atoms with E-state index in [-0.39, 0.29) is 11.9 Å². The summed E-state index contributed by atoms with van der Waals surface area (Å²) in [6.45, 7) is 8.81. The topological polar surface area (TPSA) is 70.7 Å². The number of nitrogens with one attached hydrogen (secondary N) is 1. The van der Waals surface area contributed by atoms with Gasteiger partial charge < -0.3 is 19.4 Å². The number of aromatic nitrogens is 2. The number of pyridine rings is 1. The van der Waals surface area contributed by atoms with E-state index in [9.17, 15) is 9.18 Å². The fraction of sp³-hybridized carbons (Fsp3) is 0.407. The summed E-state index contributed by atoms with van der Waals surface area (Å²) in [5.41, 5.74) is 4.13. The first-order chi connectivity index (χ1) is 16.7. The molecule has 0 aliphatic carbocycles. The molecular formula is C27H31FN4O3. The molecule has 1 N–H and O–H groups in total. The Hall–Kier alpha value is -3.39. The van der Waals surface area contributed by atoms with Gasteiger partial charge in [0.2, 0.25) is 0 Å². The third-order valence-corrected chi connectivity index (χ3v) is 6.60. The molecule has 1 aromatic carbocycles. The lowest BCUT2D eigenvalue weighted by Crippen LogP contribution is -2.62. The van der Waals surface area contributed by atoms with Crippen molar-refractivity contribution in [3.8, 4) is 16.9 Å². The van der Waals surface area contributed by atoms with Crippen LogP contribution in [0.5, 0.6) is 5.75 Å². The number of fused-ring (bicyclic) bond motifs is 1. The maximum Gasteiger partial charge on any atom is 0.410 e. The molecule has 184 valence electrons. The highest BCUT2D eigenvalue weighted by Crippen LogP contribution is 2.36. The van der Waals surface area contributed by atoms with Gasteiger partial charge in [-0.2, -0.15) is 0 Å². The van der Waals surface area contributed by atoms with Crippen molar-refractivity contribution in [3.63, 3.8) is 0 Å². The SMILES string of the molecule is COc1ccc(F)cc1-c1ccnc2[nH]c(C3=CCN(C4CN(C(=O)OC(C)(C)C)C4)CC3)cc12. The van der Waals surface area contributed by atoms with E-state index in [1.165, 1.54) is 17.7 Å². The van der Waals surface area contributed by atoms with Crippen molar-refractivity contribution >= 4 is 22.7 Å². The minimum atomic E-state index is -0.473. The van der Waals surface area contributed by atoms with Crippen LogP contribution in [0.15, 0.2) is 42.6 Å². The van der Waals surface area contributed by atoms with Gasteiger partial charge in [0.1, 0.15) is 22.8 Å². The Morgan fingerprint density at radius 2 is 1.97 bits per heavy atom. The predicted octanol–water partition coefficient (Wildman–Crippen LogP) is 5.09. The Morgan fingerprint density at radius 3 is 2.66 bits per heavy atom. The molecule has 4 heterocycles. The van der Waals surface area contributed by atoms with Gasteiger partial charge in [-0.3, -0.25) is 4.90 Å². The number of benzene rings is 1. The molecule has 0 atom stereocenters. The molecule has 3 aromatic rings. The molecule has 0 radical (unpaired) electrons. The molecule has 1 saturated heterocycles. The second-order valence-corrected chi connectivity index (χ2v) is 10.2. The number of hydrogen-bond donors (Lipinski definition) is 1. The Morgan fingerprint density at radius 1 is 1.17 bits per heavy atom. The first-order valence-corrected chi connectivity index (χ1v) is 11.9. The molecule has 35 heavy (non-hydrogen) atoms. The van der Waals surface area contributed by atoms with Crippen molar-refractivity contribution in [2.45, 2.75) is 38.8 Å². The average Bonchev–Trinajstić information content (AvgIpc) is 3.22. The highest BCUT2D eigenvalue weighted by Gasteiger charge is 2.37. The quantitative estimate of drug-likeness (QED) is 0.566. The van der Waals surface area contributed by atoms with Gasteiger partial charge in [0.25, 0.3) is 0 Å². The number of likely N-dealkylation sites (tertiary alicyclic amines) is 1. The molecule has 1 fully saturated rings. The second-order valence-electron chi connectivity index (χ2n) is 10.2. The van der Waals surface area contributed by atoms with Crippen LogP contribution in [0.25, 0.3) is 27.7 Å². The third kappa shape index (κ3) is 4.75. The van der Waals surface area contributed by atoms with Crippen LogP contribution in [-0.2, 0) is 4.74 Å². The van der Waals surface area contributed by atoms with Gasteiger partial charge in [0.05, 0.1) is 7.11 Å². The van der Waals surface area contributed by atoms with Crippen molar-refractivity contribution in [2.24, 2.45) is 0 Å². The molecule has 0 bridgehead atoms. The average molecular weight is 479 g/mol. The molecule has 2 aliphatic rings. The Kier molecular flexibility index (Phi) is 6.01. The predicted molar refractivity (Wildman–Crippen MR) is 134 cm³/mol. The van der Waals surface area contributed by atoms with Crippen LogP contribution in [0.3, 0.4) is 0 Å². The molecule has 1 amide bonds. The van der Waals surface area contributed by atoms with Crippen molar-refractivity contribution in [1.29, 1.82) is 0 Å². The lowest BCUT2D eigenvalue weighted by Gasteiger charge is -2.46. The maximum atomic E-state index is 14.0. The molecule has 7 nitrogen and oxygen atoms in total. The van der Waals surface area contributed by atoms with E-state index in [1.807, 2.05) is 26.8 Å². The molecule has 2 aliphatic heterocycles. The smallest absolute Gasteiger partial charge is 0.410 e. The maximum absolute atomic E-state index is 14.0. The number of rotatable bonds is 4. The summed E-state index contributed by atoms with van der Waals surface area (Å²) in [5, 5.41) is 0.932. The summed E-state index contributed by atoms with van der Waals surface area (Å²) in [6, 6.07) is 8.89. The van der Waals surface area contributed by atoms with Gasteiger partial charge in [-0.05, 0) is 68.7 Å². The number of carbonyl (C=O) groups is 1. The molecule has 0 spiro atoms.